The lowest BCUT2D eigenvalue weighted by Crippen LogP contribution is -2.22. The van der Waals surface area contributed by atoms with E-state index in [0.717, 1.165) is 6.54 Å². The van der Waals surface area contributed by atoms with Crippen LogP contribution in [0.3, 0.4) is 0 Å². The van der Waals surface area contributed by atoms with Crippen LogP contribution in [0.1, 0.15) is 17.3 Å². The Morgan fingerprint density at radius 3 is 2.77 bits per heavy atom. The summed E-state index contributed by atoms with van der Waals surface area (Å²) in [6.07, 6.45) is 0. The molecule has 0 saturated carbocycles. The van der Waals surface area contributed by atoms with Crippen LogP contribution in [-0.2, 0) is 0 Å². The monoisotopic (exact) mass is 197 g/mol. The van der Waals surface area contributed by atoms with Gasteiger partial charge in [-0.05, 0) is 18.7 Å². The van der Waals surface area contributed by atoms with Gasteiger partial charge in [-0.1, -0.05) is 30.7 Å². The number of halogens is 1. The molecule has 13 heavy (non-hydrogen) atoms. The Morgan fingerprint density at radius 1 is 1.46 bits per heavy atom. The van der Waals surface area contributed by atoms with Crippen molar-refractivity contribution < 1.29 is 4.79 Å². The van der Waals surface area contributed by atoms with E-state index in [-0.39, 0.29) is 5.78 Å². The zero-order chi connectivity index (χ0) is 9.68. The van der Waals surface area contributed by atoms with E-state index in [4.69, 9.17) is 11.6 Å². The maximum Gasteiger partial charge on any atom is 0.178 e. The predicted molar refractivity (Wildman–Crippen MR) is 54.3 cm³/mol. The van der Waals surface area contributed by atoms with Gasteiger partial charge in [0, 0.05) is 5.56 Å². The first-order valence-corrected chi connectivity index (χ1v) is 4.62. The van der Waals surface area contributed by atoms with E-state index >= 15 is 0 Å². The number of benzene rings is 1. The van der Waals surface area contributed by atoms with Crippen LogP contribution in [0.4, 0.5) is 0 Å². The van der Waals surface area contributed by atoms with Crippen molar-refractivity contribution in [2.45, 2.75) is 6.92 Å². The van der Waals surface area contributed by atoms with Crippen molar-refractivity contribution in [1.29, 1.82) is 0 Å². The lowest BCUT2D eigenvalue weighted by atomic mass is 10.1. The van der Waals surface area contributed by atoms with Gasteiger partial charge in [0.25, 0.3) is 0 Å². The van der Waals surface area contributed by atoms with Crippen LogP contribution in [0, 0.1) is 0 Å². The first-order chi connectivity index (χ1) is 6.25. The summed E-state index contributed by atoms with van der Waals surface area (Å²) in [7, 11) is 0. The summed E-state index contributed by atoms with van der Waals surface area (Å²) in [5.74, 6) is 0.0347. The number of ketones is 1. The normalized spacial score (nSPS) is 10.0. The standard InChI is InChI=1S/C10H12ClNO/c1-2-12-7-10(13)8-5-3-4-6-9(8)11/h3-6,12H,2,7H2,1H3. The van der Waals surface area contributed by atoms with Gasteiger partial charge in [-0.15, -0.1) is 0 Å². The minimum Gasteiger partial charge on any atom is -0.310 e. The number of hydrogen-bond acceptors (Lipinski definition) is 2. The highest BCUT2D eigenvalue weighted by Crippen LogP contribution is 2.14. The first-order valence-electron chi connectivity index (χ1n) is 4.24. The van der Waals surface area contributed by atoms with Crippen molar-refractivity contribution >= 4 is 17.4 Å². The third-order valence-corrected chi connectivity index (χ3v) is 2.04. The van der Waals surface area contributed by atoms with E-state index in [1.165, 1.54) is 0 Å². The Morgan fingerprint density at radius 2 is 2.15 bits per heavy atom. The quantitative estimate of drug-likeness (QED) is 0.750. The van der Waals surface area contributed by atoms with Gasteiger partial charge in [0.15, 0.2) is 5.78 Å². The fourth-order valence-electron chi connectivity index (χ4n) is 1.02. The SMILES string of the molecule is CCNCC(=O)c1ccccc1Cl. The molecule has 0 atom stereocenters. The van der Waals surface area contributed by atoms with E-state index in [1.807, 2.05) is 19.1 Å². The van der Waals surface area contributed by atoms with Crippen LogP contribution in [0.5, 0.6) is 0 Å². The molecule has 70 valence electrons. The van der Waals surface area contributed by atoms with Crippen molar-refractivity contribution in [1.82, 2.24) is 5.32 Å². The molecule has 0 bridgehead atoms. The van der Waals surface area contributed by atoms with Gasteiger partial charge >= 0.3 is 0 Å². The number of carbonyl (C=O) groups is 1. The molecule has 0 aromatic heterocycles. The molecule has 1 aromatic rings. The molecule has 0 spiro atoms. The summed E-state index contributed by atoms with van der Waals surface area (Å²) in [5.41, 5.74) is 0.588. The average molecular weight is 198 g/mol. The average Bonchev–Trinajstić information content (AvgIpc) is 2.15. The molecule has 0 aliphatic heterocycles. The highest BCUT2D eigenvalue weighted by Gasteiger charge is 2.07. The molecule has 2 nitrogen and oxygen atoms in total. The predicted octanol–water partition coefficient (Wildman–Crippen LogP) is 2.13. The zero-order valence-corrected chi connectivity index (χ0v) is 8.27. The Labute approximate surface area is 82.9 Å². The lowest BCUT2D eigenvalue weighted by Gasteiger charge is -2.02. The minimum atomic E-state index is 0.0347. The summed E-state index contributed by atoms with van der Waals surface area (Å²) in [6.45, 7) is 3.09. The van der Waals surface area contributed by atoms with Crippen LogP contribution < -0.4 is 5.32 Å². The Bertz CT molecular complexity index is 299. The smallest absolute Gasteiger partial charge is 0.178 e. The Hall–Kier alpha value is -0.860. The van der Waals surface area contributed by atoms with Crippen molar-refractivity contribution in [3.63, 3.8) is 0 Å². The minimum absolute atomic E-state index is 0.0347. The molecule has 3 heteroatoms. The molecule has 1 rings (SSSR count). The number of hydrogen-bond donors (Lipinski definition) is 1. The van der Waals surface area contributed by atoms with Crippen LogP contribution in [0.15, 0.2) is 24.3 Å². The summed E-state index contributed by atoms with van der Waals surface area (Å²) < 4.78 is 0. The van der Waals surface area contributed by atoms with Gasteiger partial charge in [-0.25, -0.2) is 0 Å². The van der Waals surface area contributed by atoms with Crippen LogP contribution in [0.25, 0.3) is 0 Å². The number of likely N-dealkylation sites (N-methyl/N-ethyl adjacent to an activating group) is 1. The summed E-state index contributed by atoms with van der Waals surface area (Å²) in [4.78, 5) is 11.5. The largest absolute Gasteiger partial charge is 0.310 e. The summed E-state index contributed by atoms with van der Waals surface area (Å²) >= 11 is 5.85. The molecule has 0 aliphatic carbocycles. The fourth-order valence-corrected chi connectivity index (χ4v) is 1.26. The maximum absolute atomic E-state index is 11.5. The fraction of sp³-hybridized carbons (Fsp3) is 0.300. The molecule has 0 amide bonds. The number of rotatable bonds is 4. The highest BCUT2D eigenvalue weighted by atomic mass is 35.5. The lowest BCUT2D eigenvalue weighted by molar-refractivity contribution is 0.0992. The first kappa shape index (κ1) is 10.2. The number of Topliss-reactive ketones (excluding diaryl/α,β-unsaturated/α-hetero) is 1. The zero-order valence-electron chi connectivity index (χ0n) is 7.51. The topological polar surface area (TPSA) is 29.1 Å². The maximum atomic E-state index is 11.5. The molecule has 0 radical (unpaired) electrons. The van der Waals surface area contributed by atoms with E-state index in [0.29, 0.717) is 17.1 Å². The van der Waals surface area contributed by atoms with Crippen molar-refractivity contribution in [2.75, 3.05) is 13.1 Å². The van der Waals surface area contributed by atoms with Gasteiger partial charge < -0.3 is 5.32 Å². The van der Waals surface area contributed by atoms with E-state index in [9.17, 15) is 4.79 Å². The van der Waals surface area contributed by atoms with Gasteiger partial charge in [0.1, 0.15) is 0 Å². The Kier molecular flexibility index (Phi) is 3.93. The van der Waals surface area contributed by atoms with E-state index in [2.05, 4.69) is 5.32 Å². The second-order valence-electron chi connectivity index (χ2n) is 2.68. The molecule has 0 heterocycles. The second-order valence-corrected chi connectivity index (χ2v) is 3.09. The third-order valence-electron chi connectivity index (χ3n) is 1.71. The highest BCUT2D eigenvalue weighted by molar-refractivity contribution is 6.34. The van der Waals surface area contributed by atoms with Crippen LogP contribution in [0.2, 0.25) is 5.02 Å². The molecule has 1 N–H and O–H groups in total. The van der Waals surface area contributed by atoms with Crippen LogP contribution >= 0.6 is 11.6 Å². The molecule has 0 aliphatic rings. The summed E-state index contributed by atoms with van der Waals surface area (Å²) in [6, 6.07) is 7.08. The Balaban J connectivity index is 2.71. The van der Waals surface area contributed by atoms with E-state index < -0.39 is 0 Å². The molecular formula is C10H12ClNO. The summed E-state index contributed by atoms with van der Waals surface area (Å²) in [5, 5.41) is 3.48. The van der Waals surface area contributed by atoms with Crippen molar-refractivity contribution in [3.8, 4) is 0 Å². The number of carbonyl (C=O) groups excluding carboxylic acids is 1. The molecule has 0 unspecified atom stereocenters. The van der Waals surface area contributed by atoms with Gasteiger partial charge in [0.2, 0.25) is 0 Å². The molecule has 0 saturated heterocycles. The van der Waals surface area contributed by atoms with Gasteiger partial charge in [0.05, 0.1) is 11.6 Å². The van der Waals surface area contributed by atoms with Crippen LogP contribution in [-0.4, -0.2) is 18.9 Å². The number of nitrogens with one attached hydrogen (secondary N) is 1. The van der Waals surface area contributed by atoms with Gasteiger partial charge in [-0.2, -0.15) is 0 Å². The third kappa shape index (κ3) is 2.83. The van der Waals surface area contributed by atoms with Crippen molar-refractivity contribution in [3.05, 3.63) is 34.9 Å². The second kappa shape index (κ2) is 5.00. The molecular weight excluding hydrogens is 186 g/mol. The van der Waals surface area contributed by atoms with Gasteiger partial charge in [-0.3, -0.25) is 4.79 Å². The molecule has 0 fully saturated rings. The molecule has 1 aromatic carbocycles. The van der Waals surface area contributed by atoms with Crippen molar-refractivity contribution in [2.24, 2.45) is 0 Å². The van der Waals surface area contributed by atoms with E-state index in [1.54, 1.807) is 12.1 Å².